The Kier molecular flexibility index (Phi) is 6.08. The number of carbonyl (C=O) groups excluding carboxylic acids is 1. The molecule has 21 heavy (non-hydrogen) atoms. The first-order valence-electron chi connectivity index (χ1n) is 6.86. The van der Waals surface area contributed by atoms with Gasteiger partial charge in [-0.25, -0.2) is 4.39 Å². The Morgan fingerprint density at radius 1 is 1.38 bits per heavy atom. The van der Waals surface area contributed by atoms with Crippen LogP contribution in [-0.2, 0) is 4.79 Å². The molecule has 7 heteroatoms. The van der Waals surface area contributed by atoms with Gasteiger partial charge in [-0.05, 0) is 32.4 Å². The number of amides is 1. The minimum atomic E-state index is -0.642. The number of nitrogens with one attached hydrogen (secondary N) is 1. The Labute approximate surface area is 123 Å². The summed E-state index contributed by atoms with van der Waals surface area (Å²) in [6.07, 6.45) is 0.231. The van der Waals surface area contributed by atoms with Gasteiger partial charge in [-0.3, -0.25) is 14.9 Å². The fraction of sp³-hybridized carbons (Fsp3) is 0.500. The number of nitro groups is 1. The van der Waals surface area contributed by atoms with Crippen LogP contribution in [0.2, 0.25) is 0 Å². The predicted octanol–water partition coefficient (Wildman–Crippen LogP) is 2.71. The molecule has 0 aromatic heterocycles. The van der Waals surface area contributed by atoms with Crippen LogP contribution in [0.25, 0.3) is 0 Å². The molecule has 1 N–H and O–H groups in total. The summed E-state index contributed by atoms with van der Waals surface area (Å²) < 4.78 is 13.4. The third kappa shape index (κ3) is 4.40. The molecule has 116 valence electrons. The zero-order chi connectivity index (χ0) is 16.0. The van der Waals surface area contributed by atoms with E-state index in [1.807, 2.05) is 13.8 Å². The standard InChI is InChI=1S/C14H20FN3O3/c1-4-17(5-2)14(19)6-7-16-12-8-10(3)11(15)9-13(12)18(20)21/h8-9,16H,4-7H2,1-3H3. The SMILES string of the molecule is CCN(CC)C(=O)CCNc1cc(C)c(F)cc1[N+](=O)[O-]. The van der Waals surface area contributed by atoms with Gasteiger partial charge in [0.2, 0.25) is 5.91 Å². The van der Waals surface area contributed by atoms with Crippen LogP contribution in [0.3, 0.4) is 0 Å². The first-order valence-corrected chi connectivity index (χ1v) is 6.86. The Morgan fingerprint density at radius 2 is 2.00 bits per heavy atom. The van der Waals surface area contributed by atoms with Crippen LogP contribution in [0.4, 0.5) is 15.8 Å². The molecule has 0 spiro atoms. The summed E-state index contributed by atoms with van der Waals surface area (Å²) in [5.74, 6) is -0.638. The molecular formula is C14H20FN3O3. The highest BCUT2D eigenvalue weighted by Crippen LogP contribution is 2.27. The second-order valence-corrected chi connectivity index (χ2v) is 4.62. The molecule has 0 radical (unpaired) electrons. The number of carbonyl (C=O) groups is 1. The molecular weight excluding hydrogens is 277 g/mol. The fourth-order valence-electron chi connectivity index (χ4n) is 2.00. The van der Waals surface area contributed by atoms with Gasteiger partial charge in [0.15, 0.2) is 0 Å². The number of hydrogen-bond donors (Lipinski definition) is 1. The second-order valence-electron chi connectivity index (χ2n) is 4.62. The molecule has 0 unspecified atom stereocenters. The van der Waals surface area contributed by atoms with Gasteiger partial charge in [0.05, 0.1) is 11.0 Å². The van der Waals surface area contributed by atoms with E-state index in [1.165, 1.54) is 13.0 Å². The quantitative estimate of drug-likeness (QED) is 0.620. The molecule has 6 nitrogen and oxygen atoms in total. The molecule has 1 aromatic carbocycles. The largest absolute Gasteiger partial charge is 0.379 e. The summed E-state index contributed by atoms with van der Waals surface area (Å²) in [6.45, 7) is 6.84. The number of halogens is 1. The minimum absolute atomic E-state index is 0.0195. The fourth-order valence-corrected chi connectivity index (χ4v) is 2.00. The van der Waals surface area contributed by atoms with E-state index < -0.39 is 10.7 Å². The van der Waals surface area contributed by atoms with Crippen molar-refractivity contribution in [3.05, 3.63) is 33.6 Å². The van der Waals surface area contributed by atoms with Gasteiger partial charge in [0, 0.05) is 26.1 Å². The maximum atomic E-state index is 13.4. The zero-order valence-electron chi connectivity index (χ0n) is 12.5. The van der Waals surface area contributed by atoms with Crippen molar-refractivity contribution in [1.29, 1.82) is 0 Å². The maximum Gasteiger partial charge on any atom is 0.295 e. The van der Waals surface area contributed by atoms with Crippen LogP contribution in [0.15, 0.2) is 12.1 Å². The van der Waals surface area contributed by atoms with E-state index >= 15 is 0 Å². The molecule has 0 bridgehead atoms. The Morgan fingerprint density at radius 3 is 2.52 bits per heavy atom. The molecule has 0 aliphatic rings. The topological polar surface area (TPSA) is 75.5 Å². The summed E-state index contributed by atoms with van der Waals surface area (Å²) in [5.41, 5.74) is 0.220. The van der Waals surface area contributed by atoms with Crippen molar-refractivity contribution < 1.29 is 14.1 Å². The van der Waals surface area contributed by atoms with E-state index in [4.69, 9.17) is 0 Å². The average Bonchev–Trinajstić information content (AvgIpc) is 2.43. The van der Waals surface area contributed by atoms with Gasteiger partial charge in [-0.2, -0.15) is 0 Å². The Hall–Kier alpha value is -2.18. The molecule has 0 heterocycles. The molecule has 0 saturated heterocycles. The van der Waals surface area contributed by atoms with Crippen molar-refractivity contribution in [3.63, 3.8) is 0 Å². The van der Waals surface area contributed by atoms with E-state index in [2.05, 4.69) is 5.32 Å². The van der Waals surface area contributed by atoms with E-state index in [1.54, 1.807) is 4.90 Å². The number of nitro benzene ring substituents is 1. The van der Waals surface area contributed by atoms with Crippen molar-refractivity contribution >= 4 is 17.3 Å². The van der Waals surface area contributed by atoms with E-state index in [0.29, 0.717) is 18.7 Å². The lowest BCUT2D eigenvalue weighted by Crippen LogP contribution is -2.31. The van der Waals surface area contributed by atoms with Crippen molar-refractivity contribution in [3.8, 4) is 0 Å². The van der Waals surface area contributed by atoms with Gasteiger partial charge >= 0.3 is 0 Å². The molecule has 0 atom stereocenters. The molecule has 0 aliphatic heterocycles. The number of hydrogen-bond acceptors (Lipinski definition) is 4. The Bertz CT molecular complexity index is 530. The summed E-state index contributed by atoms with van der Waals surface area (Å²) in [6, 6.07) is 2.28. The molecule has 1 amide bonds. The normalized spacial score (nSPS) is 10.3. The smallest absolute Gasteiger partial charge is 0.295 e. The van der Waals surface area contributed by atoms with Gasteiger partial charge in [0.1, 0.15) is 11.5 Å². The average molecular weight is 297 g/mol. The van der Waals surface area contributed by atoms with Crippen molar-refractivity contribution in [2.24, 2.45) is 0 Å². The molecule has 1 rings (SSSR count). The lowest BCUT2D eigenvalue weighted by atomic mass is 10.1. The van der Waals surface area contributed by atoms with Gasteiger partial charge in [-0.15, -0.1) is 0 Å². The number of nitrogens with zero attached hydrogens (tertiary/aromatic N) is 2. The summed E-state index contributed by atoms with van der Waals surface area (Å²) in [5, 5.41) is 13.7. The second kappa shape index (κ2) is 7.56. The molecule has 0 fully saturated rings. The lowest BCUT2D eigenvalue weighted by Gasteiger charge is -2.18. The van der Waals surface area contributed by atoms with Crippen molar-refractivity contribution in [1.82, 2.24) is 4.90 Å². The van der Waals surface area contributed by atoms with Crippen molar-refractivity contribution in [2.45, 2.75) is 27.2 Å². The predicted molar refractivity (Wildman–Crippen MR) is 78.8 cm³/mol. The number of aryl methyl sites for hydroxylation is 1. The number of benzene rings is 1. The third-order valence-corrected chi connectivity index (χ3v) is 3.24. The van der Waals surface area contributed by atoms with E-state index in [0.717, 1.165) is 6.07 Å². The van der Waals surface area contributed by atoms with Gasteiger partial charge in [0.25, 0.3) is 5.69 Å². The highest BCUT2D eigenvalue weighted by atomic mass is 19.1. The third-order valence-electron chi connectivity index (χ3n) is 3.24. The summed E-state index contributed by atoms with van der Waals surface area (Å²) >= 11 is 0. The molecule has 0 saturated carbocycles. The minimum Gasteiger partial charge on any atom is -0.379 e. The monoisotopic (exact) mass is 297 g/mol. The Balaban J connectivity index is 2.73. The molecule has 1 aromatic rings. The first kappa shape index (κ1) is 16.9. The first-order chi connectivity index (χ1) is 9.90. The van der Waals surface area contributed by atoms with Crippen LogP contribution in [0, 0.1) is 22.9 Å². The summed E-state index contributed by atoms with van der Waals surface area (Å²) in [4.78, 5) is 23.8. The van der Waals surface area contributed by atoms with Crippen LogP contribution < -0.4 is 5.32 Å². The van der Waals surface area contributed by atoms with Gasteiger partial charge < -0.3 is 10.2 Å². The number of rotatable bonds is 7. The van der Waals surface area contributed by atoms with E-state index in [9.17, 15) is 19.3 Å². The summed E-state index contributed by atoms with van der Waals surface area (Å²) in [7, 11) is 0. The van der Waals surface area contributed by atoms with Crippen LogP contribution in [0.1, 0.15) is 25.8 Å². The number of anilines is 1. The molecule has 0 aliphatic carbocycles. The van der Waals surface area contributed by atoms with E-state index in [-0.39, 0.29) is 30.2 Å². The van der Waals surface area contributed by atoms with Crippen LogP contribution in [-0.4, -0.2) is 35.4 Å². The zero-order valence-corrected chi connectivity index (χ0v) is 12.5. The highest BCUT2D eigenvalue weighted by Gasteiger charge is 2.17. The highest BCUT2D eigenvalue weighted by molar-refractivity contribution is 5.77. The van der Waals surface area contributed by atoms with Gasteiger partial charge in [-0.1, -0.05) is 0 Å². The maximum absolute atomic E-state index is 13.4. The van der Waals surface area contributed by atoms with Crippen molar-refractivity contribution in [2.75, 3.05) is 25.0 Å². The lowest BCUT2D eigenvalue weighted by molar-refractivity contribution is -0.384. The van der Waals surface area contributed by atoms with Crippen LogP contribution in [0.5, 0.6) is 0 Å². The van der Waals surface area contributed by atoms with Crippen LogP contribution >= 0.6 is 0 Å².